The molecular weight excluding hydrogens is 386 g/mol. The summed E-state index contributed by atoms with van der Waals surface area (Å²) in [7, 11) is 0. The minimum Gasteiger partial charge on any atom is -0.389 e. The molecule has 2 aromatic carbocycles. The van der Waals surface area contributed by atoms with Crippen molar-refractivity contribution in [2.75, 3.05) is 5.32 Å². The first-order chi connectivity index (χ1) is 9.40. The Bertz CT molecular complexity index is 694. The summed E-state index contributed by atoms with van der Waals surface area (Å²) in [5.41, 5.74) is 6.68. The summed E-state index contributed by atoms with van der Waals surface area (Å²) in [5, 5.41) is 3.81. The molecule has 0 aliphatic heterocycles. The highest BCUT2D eigenvalue weighted by atomic mass is 79.9. The van der Waals surface area contributed by atoms with Gasteiger partial charge < -0.3 is 11.1 Å². The van der Waals surface area contributed by atoms with Crippen LogP contribution in [-0.2, 0) is 0 Å². The number of nitrogens with two attached hydrogens (primary N) is 1. The smallest absolute Gasteiger partial charge is 0.161 e. The van der Waals surface area contributed by atoms with Gasteiger partial charge in [-0.3, -0.25) is 0 Å². The second-order valence-electron chi connectivity index (χ2n) is 3.90. The van der Waals surface area contributed by atoms with Gasteiger partial charge in [-0.05, 0) is 46.3 Å². The van der Waals surface area contributed by atoms with Crippen molar-refractivity contribution >= 4 is 67.7 Å². The third kappa shape index (κ3) is 3.23. The number of benzene rings is 2. The normalized spacial score (nSPS) is 10.4. The Hall–Kier alpha value is -0.880. The second-order valence-corrected chi connectivity index (χ2v) is 5.98. The van der Waals surface area contributed by atoms with Gasteiger partial charge in [-0.2, -0.15) is 0 Å². The van der Waals surface area contributed by atoms with E-state index in [9.17, 15) is 4.39 Å². The van der Waals surface area contributed by atoms with Gasteiger partial charge in [-0.15, -0.1) is 0 Å². The molecule has 0 atom stereocenters. The van der Waals surface area contributed by atoms with E-state index in [2.05, 4.69) is 21.2 Å². The maximum absolute atomic E-state index is 14.2. The van der Waals surface area contributed by atoms with Gasteiger partial charge in [0.1, 0.15) is 4.99 Å². The molecule has 2 aromatic rings. The maximum atomic E-state index is 14.2. The summed E-state index contributed by atoms with van der Waals surface area (Å²) >= 11 is 19.9. The van der Waals surface area contributed by atoms with Gasteiger partial charge in [-0.1, -0.05) is 35.4 Å². The Labute approximate surface area is 139 Å². The molecular formula is C13H8BrCl2FN2S. The molecule has 3 N–H and O–H groups in total. The zero-order chi connectivity index (χ0) is 14.9. The fraction of sp³-hybridized carbons (Fsp3) is 0. The number of nitrogens with one attached hydrogen (secondary N) is 1. The molecule has 0 radical (unpaired) electrons. The fourth-order valence-electron chi connectivity index (χ4n) is 1.57. The minimum atomic E-state index is -0.508. The van der Waals surface area contributed by atoms with Crippen LogP contribution in [0.25, 0.3) is 0 Å². The third-order valence-electron chi connectivity index (χ3n) is 2.55. The Kier molecular flexibility index (Phi) is 4.86. The number of anilines is 2. The van der Waals surface area contributed by atoms with E-state index in [1.165, 1.54) is 6.07 Å². The Morgan fingerprint density at radius 3 is 2.55 bits per heavy atom. The average molecular weight is 394 g/mol. The highest BCUT2D eigenvalue weighted by Gasteiger charge is 2.14. The summed E-state index contributed by atoms with van der Waals surface area (Å²) in [6, 6.07) is 8.04. The van der Waals surface area contributed by atoms with Crippen molar-refractivity contribution in [1.82, 2.24) is 0 Å². The molecule has 0 bridgehead atoms. The lowest BCUT2D eigenvalue weighted by Crippen LogP contribution is -2.11. The number of hydrogen-bond donors (Lipinski definition) is 2. The van der Waals surface area contributed by atoms with Crippen LogP contribution in [0.2, 0.25) is 10.0 Å². The number of halogens is 4. The monoisotopic (exact) mass is 392 g/mol. The number of hydrogen-bond acceptors (Lipinski definition) is 2. The molecule has 2 nitrogen and oxygen atoms in total. The Morgan fingerprint density at radius 1 is 1.20 bits per heavy atom. The molecule has 0 spiro atoms. The molecule has 0 unspecified atom stereocenters. The Morgan fingerprint density at radius 2 is 1.90 bits per heavy atom. The summed E-state index contributed by atoms with van der Waals surface area (Å²) in [6.45, 7) is 0. The second kappa shape index (κ2) is 6.26. The zero-order valence-corrected chi connectivity index (χ0v) is 13.8. The van der Waals surface area contributed by atoms with E-state index in [0.717, 1.165) is 0 Å². The van der Waals surface area contributed by atoms with Gasteiger partial charge >= 0.3 is 0 Å². The van der Waals surface area contributed by atoms with Gasteiger partial charge in [0.15, 0.2) is 5.82 Å². The Balaban J connectivity index is 2.42. The van der Waals surface area contributed by atoms with Crippen molar-refractivity contribution in [3.05, 3.63) is 56.2 Å². The fourth-order valence-corrected chi connectivity index (χ4v) is 2.77. The molecule has 0 fully saturated rings. The van der Waals surface area contributed by atoms with Gasteiger partial charge in [0.25, 0.3) is 0 Å². The molecule has 0 aliphatic carbocycles. The van der Waals surface area contributed by atoms with Crippen molar-refractivity contribution in [2.45, 2.75) is 0 Å². The largest absolute Gasteiger partial charge is 0.389 e. The molecule has 0 aromatic heterocycles. The predicted molar refractivity (Wildman–Crippen MR) is 89.7 cm³/mol. The molecule has 0 saturated heterocycles. The third-order valence-corrected chi connectivity index (χ3v) is 4.11. The molecule has 20 heavy (non-hydrogen) atoms. The van der Waals surface area contributed by atoms with Crippen LogP contribution in [0.15, 0.2) is 34.8 Å². The van der Waals surface area contributed by atoms with Crippen molar-refractivity contribution in [2.24, 2.45) is 5.73 Å². The maximum Gasteiger partial charge on any atom is 0.161 e. The van der Waals surface area contributed by atoms with Crippen LogP contribution in [0.3, 0.4) is 0 Å². The average Bonchev–Trinajstić information content (AvgIpc) is 2.39. The minimum absolute atomic E-state index is 0.114. The van der Waals surface area contributed by atoms with Gasteiger partial charge in [0.2, 0.25) is 0 Å². The van der Waals surface area contributed by atoms with Crippen LogP contribution in [0, 0.1) is 5.82 Å². The first-order valence-electron chi connectivity index (χ1n) is 5.40. The van der Waals surface area contributed by atoms with Crippen molar-refractivity contribution in [3.63, 3.8) is 0 Å². The van der Waals surface area contributed by atoms with E-state index in [0.29, 0.717) is 21.3 Å². The zero-order valence-electron chi connectivity index (χ0n) is 9.88. The van der Waals surface area contributed by atoms with E-state index < -0.39 is 5.82 Å². The lowest BCUT2D eigenvalue weighted by molar-refractivity contribution is 0.625. The topological polar surface area (TPSA) is 38.0 Å². The van der Waals surface area contributed by atoms with E-state index >= 15 is 0 Å². The molecule has 0 aliphatic rings. The van der Waals surface area contributed by atoms with Gasteiger partial charge in [0.05, 0.1) is 20.9 Å². The van der Waals surface area contributed by atoms with E-state index in [-0.39, 0.29) is 15.1 Å². The van der Waals surface area contributed by atoms with Crippen molar-refractivity contribution < 1.29 is 4.39 Å². The van der Waals surface area contributed by atoms with Crippen LogP contribution < -0.4 is 11.1 Å². The molecule has 104 valence electrons. The van der Waals surface area contributed by atoms with Crippen LogP contribution in [0.4, 0.5) is 15.8 Å². The summed E-state index contributed by atoms with van der Waals surface area (Å²) in [5.74, 6) is -0.508. The first-order valence-corrected chi connectivity index (χ1v) is 7.35. The molecule has 0 saturated carbocycles. The number of thiocarbonyl (C=S) groups is 1. The van der Waals surface area contributed by atoms with Crippen molar-refractivity contribution in [3.8, 4) is 0 Å². The molecule has 0 amide bonds. The highest BCUT2D eigenvalue weighted by molar-refractivity contribution is 9.10. The highest BCUT2D eigenvalue weighted by Crippen LogP contribution is 2.32. The SMILES string of the molecule is NC(=S)c1ccc(Nc2cc(Cl)ccc2Cl)c(F)c1Br. The van der Waals surface area contributed by atoms with Gasteiger partial charge in [-0.25, -0.2) is 4.39 Å². The summed E-state index contributed by atoms with van der Waals surface area (Å²) in [6.07, 6.45) is 0. The van der Waals surface area contributed by atoms with Crippen LogP contribution in [0.5, 0.6) is 0 Å². The lowest BCUT2D eigenvalue weighted by Gasteiger charge is -2.12. The predicted octanol–water partition coefficient (Wildman–Crippen LogP) is 5.27. The van der Waals surface area contributed by atoms with E-state index in [1.807, 2.05) is 0 Å². The summed E-state index contributed by atoms with van der Waals surface area (Å²) in [4.78, 5) is 0.114. The lowest BCUT2D eigenvalue weighted by atomic mass is 10.2. The molecule has 7 heteroatoms. The van der Waals surface area contributed by atoms with Crippen LogP contribution in [-0.4, -0.2) is 4.99 Å². The van der Waals surface area contributed by atoms with Crippen molar-refractivity contribution in [1.29, 1.82) is 0 Å². The standard InChI is InChI=1S/C13H8BrCl2FN2S/c14-11-7(13(18)20)2-4-9(12(11)17)19-10-5-6(15)1-3-8(10)16/h1-5,19H,(H2,18,20). The van der Waals surface area contributed by atoms with Crippen LogP contribution >= 0.6 is 51.3 Å². The molecule has 0 heterocycles. The van der Waals surface area contributed by atoms with E-state index in [4.69, 9.17) is 41.2 Å². The van der Waals surface area contributed by atoms with Crippen LogP contribution in [0.1, 0.15) is 5.56 Å². The molecule has 2 rings (SSSR count). The first kappa shape index (κ1) is 15.5. The number of rotatable bonds is 3. The van der Waals surface area contributed by atoms with Gasteiger partial charge in [0, 0.05) is 10.6 Å². The van der Waals surface area contributed by atoms with E-state index in [1.54, 1.807) is 24.3 Å². The summed E-state index contributed by atoms with van der Waals surface area (Å²) < 4.78 is 14.4. The quantitative estimate of drug-likeness (QED) is 0.697.